The molecule has 0 spiro atoms. The Kier molecular flexibility index (Phi) is 5.77. The minimum atomic E-state index is -0.542. The van der Waals surface area contributed by atoms with Crippen LogP contribution in [0.2, 0.25) is 5.02 Å². The van der Waals surface area contributed by atoms with Crippen molar-refractivity contribution in [3.05, 3.63) is 88.3 Å². The Morgan fingerprint density at radius 1 is 1.03 bits per heavy atom. The van der Waals surface area contributed by atoms with Gasteiger partial charge in [0.15, 0.2) is 5.65 Å². The number of pyridine rings is 1. The van der Waals surface area contributed by atoms with Crippen LogP contribution in [0.15, 0.2) is 60.8 Å². The van der Waals surface area contributed by atoms with E-state index in [1.54, 1.807) is 49.1 Å². The zero-order chi connectivity index (χ0) is 22.0. The number of aromatic nitrogens is 3. The van der Waals surface area contributed by atoms with E-state index in [4.69, 9.17) is 21.1 Å². The van der Waals surface area contributed by atoms with Crippen molar-refractivity contribution in [2.45, 2.75) is 13.0 Å². The number of nitrogens with one attached hydrogen (secondary N) is 1. The van der Waals surface area contributed by atoms with Gasteiger partial charge in [-0.25, -0.2) is 0 Å². The first-order valence-electron chi connectivity index (χ1n) is 9.60. The van der Waals surface area contributed by atoms with Crippen LogP contribution in [0.3, 0.4) is 0 Å². The van der Waals surface area contributed by atoms with Crippen LogP contribution in [-0.4, -0.2) is 34.7 Å². The third-order valence-electron chi connectivity index (χ3n) is 5.08. The standard InChI is InChI=1S/C23H21ClN4O3/c1-14-26-27-21-11-8-15(13-28(14)21)23(29)25-22(17-6-4-5-7-19(17)24)18-10-9-16(30-2)12-20(18)31-3/h4-13,22H,1-3H3,(H,25,29). The summed E-state index contributed by atoms with van der Waals surface area (Å²) >= 11 is 6.50. The molecule has 1 unspecified atom stereocenters. The molecule has 0 aliphatic carbocycles. The predicted molar refractivity (Wildman–Crippen MR) is 118 cm³/mol. The quantitative estimate of drug-likeness (QED) is 0.489. The van der Waals surface area contributed by atoms with Gasteiger partial charge in [0.1, 0.15) is 17.3 Å². The van der Waals surface area contributed by atoms with Gasteiger partial charge in [0.25, 0.3) is 5.91 Å². The molecule has 31 heavy (non-hydrogen) atoms. The van der Waals surface area contributed by atoms with Crippen LogP contribution in [0.5, 0.6) is 11.5 Å². The molecule has 1 amide bonds. The highest BCUT2D eigenvalue weighted by Crippen LogP contribution is 2.36. The minimum Gasteiger partial charge on any atom is -0.497 e. The number of hydrogen-bond donors (Lipinski definition) is 1. The predicted octanol–water partition coefficient (Wildman–Crippen LogP) is 4.23. The van der Waals surface area contributed by atoms with E-state index < -0.39 is 6.04 Å². The molecule has 0 aliphatic heterocycles. The summed E-state index contributed by atoms with van der Waals surface area (Å²) < 4.78 is 12.7. The van der Waals surface area contributed by atoms with Crippen LogP contribution in [0, 0.1) is 6.92 Å². The molecule has 0 radical (unpaired) electrons. The zero-order valence-corrected chi connectivity index (χ0v) is 18.1. The molecule has 7 nitrogen and oxygen atoms in total. The number of aryl methyl sites for hydroxylation is 1. The highest BCUT2D eigenvalue weighted by Gasteiger charge is 2.24. The van der Waals surface area contributed by atoms with Crippen LogP contribution in [-0.2, 0) is 0 Å². The van der Waals surface area contributed by atoms with Crippen molar-refractivity contribution >= 4 is 23.2 Å². The van der Waals surface area contributed by atoms with E-state index in [-0.39, 0.29) is 5.91 Å². The highest BCUT2D eigenvalue weighted by atomic mass is 35.5. The number of carbonyl (C=O) groups excluding carboxylic acids is 1. The SMILES string of the molecule is COc1ccc(C(NC(=O)c2ccc3nnc(C)n3c2)c2ccccc2Cl)c(OC)c1. The number of nitrogens with zero attached hydrogens (tertiary/aromatic N) is 3. The molecule has 1 atom stereocenters. The fraction of sp³-hybridized carbons (Fsp3) is 0.174. The normalized spacial score (nSPS) is 11.9. The van der Waals surface area contributed by atoms with Crippen molar-refractivity contribution in [1.82, 2.24) is 19.9 Å². The van der Waals surface area contributed by atoms with Gasteiger partial charge in [-0.15, -0.1) is 10.2 Å². The first-order chi connectivity index (χ1) is 15.0. The van der Waals surface area contributed by atoms with E-state index in [1.807, 2.05) is 37.3 Å². The van der Waals surface area contributed by atoms with Crippen LogP contribution in [0.4, 0.5) is 0 Å². The molecule has 0 aliphatic rings. The Morgan fingerprint density at radius 2 is 1.84 bits per heavy atom. The summed E-state index contributed by atoms with van der Waals surface area (Å²) in [6, 6.07) is 15.8. The molecule has 4 aromatic rings. The Balaban J connectivity index is 1.77. The highest BCUT2D eigenvalue weighted by molar-refractivity contribution is 6.31. The lowest BCUT2D eigenvalue weighted by Crippen LogP contribution is -2.30. The van der Waals surface area contributed by atoms with Gasteiger partial charge in [-0.05, 0) is 42.8 Å². The lowest BCUT2D eigenvalue weighted by molar-refractivity contribution is 0.0942. The molecule has 2 aromatic heterocycles. The van der Waals surface area contributed by atoms with E-state index in [0.29, 0.717) is 33.6 Å². The van der Waals surface area contributed by atoms with Crippen LogP contribution in [0.25, 0.3) is 5.65 Å². The fourth-order valence-electron chi connectivity index (χ4n) is 3.44. The van der Waals surface area contributed by atoms with E-state index in [1.165, 1.54) is 0 Å². The topological polar surface area (TPSA) is 77.8 Å². The van der Waals surface area contributed by atoms with E-state index >= 15 is 0 Å². The van der Waals surface area contributed by atoms with Gasteiger partial charge in [-0.3, -0.25) is 9.20 Å². The Bertz CT molecular complexity index is 1250. The first-order valence-corrected chi connectivity index (χ1v) is 9.98. The van der Waals surface area contributed by atoms with Gasteiger partial charge in [-0.1, -0.05) is 29.8 Å². The van der Waals surface area contributed by atoms with Crippen LogP contribution in [0.1, 0.15) is 33.4 Å². The molecule has 0 fully saturated rings. The molecule has 2 aromatic carbocycles. The Labute approximate surface area is 184 Å². The van der Waals surface area contributed by atoms with Gasteiger partial charge >= 0.3 is 0 Å². The van der Waals surface area contributed by atoms with Crippen molar-refractivity contribution in [2.75, 3.05) is 14.2 Å². The average molecular weight is 437 g/mol. The lowest BCUT2D eigenvalue weighted by atomic mass is 9.97. The number of halogens is 1. The summed E-state index contributed by atoms with van der Waals surface area (Å²) in [6.07, 6.45) is 1.72. The van der Waals surface area contributed by atoms with Crippen molar-refractivity contribution in [3.63, 3.8) is 0 Å². The second-order valence-electron chi connectivity index (χ2n) is 6.93. The van der Waals surface area contributed by atoms with Gasteiger partial charge in [-0.2, -0.15) is 0 Å². The second kappa shape index (κ2) is 8.65. The molecule has 158 valence electrons. The average Bonchev–Trinajstić information content (AvgIpc) is 3.17. The first kappa shape index (κ1) is 20.7. The Morgan fingerprint density at radius 3 is 2.58 bits per heavy atom. The lowest BCUT2D eigenvalue weighted by Gasteiger charge is -2.23. The molecule has 1 N–H and O–H groups in total. The maximum atomic E-state index is 13.2. The maximum Gasteiger partial charge on any atom is 0.253 e. The number of hydrogen-bond acceptors (Lipinski definition) is 5. The van der Waals surface area contributed by atoms with Crippen molar-refractivity contribution in [1.29, 1.82) is 0 Å². The largest absolute Gasteiger partial charge is 0.497 e. The van der Waals surface area contributed by atoms with Crippen molar-refractivity contribution < 1.29 is 14.3 Å². The molecule has 2 heterocycles. The van der Waals surface area contributed by atoms with Crippen molar-refractivity contribution in [2.24, 2.45) is 0 Å². The number of methoxy groups -OCH3 is 2. The van der Waals surface area contributed by atoms with E-state index in [9.17, 15) is 4.79 Å². The van der Waals surface area contributed by atoms with Crippen LogP contribution < -0.4 is 14.8 Å². The monoisotopic (exact) mass is 436 g/mol. The third kappa shape index (κ3) is 4.04. The maximum absolute atomic E-state index is 13.2. The van der Waals surface area contributed by atoms with Gasteiger partial charge in [0.2, 0.25) is 0 Å². The second-order valence-corrected chi connectivity index (χ2v) is 7.34. The van der Waals surface area contributed by atoms with Gasteiger partial charge < -0.3 is 14.8 Å². The smallest absolute Gasteiger partial charge is 0.253 e. The summed E-state index contributed by atoms with van der Waals surface area (Å²) in [6.45, 7) is 1.83. The summed E-state index contributed by atoms with van der Waals surface area (Å²) in [4.78, 5) is 13.2. The summed E-state index contributed by atoms with van der Waals surface area (Å²) in [5.74, 6) is 1.66. The zero-order valence-electron chi connectivity index (χ0n) is 17.3. The summed E-state index contributed by atoms with van der Waals surface area (Å²) in [5.41, 5.74) is 2.65. The number of carbonyl (C=O) groups is 1. The number of ether oxygens (including phenoxy) is 2. The summed E-state index contributed by atoms with van der Waals surface area (Å²) in [7, 11) is 3.16. The van der Waals surface area contributed by atoms with E-state index in [2.05, 4.69) is 15.5 Å². The van der Waals surface area contributed by atoms with Gasteiger partial charge in [0.05, 0.1) is 25.8 Å². The summed E-state index contributed by atoms with van der Waals surface area (Å²) in [5, 5.41) is 11.7. The van der Waals surface area contributed by atoms with Gasteiger partial charge in [0, 0.05) is 22.8 Å². The minimum absolute atomic E-state index is 0.266. The third-order valence-corrected chi connectivity index (χ3v) is 5.42. The van der Waals surface area contributed by atoms with E-state index in [0.717, 1.165) is 11.1 Å². The number of fused-ring (bicyclic) bond motifs is 1. The molecule has 0 bridgehead atoms. The number of amides is 1. The number of rotatable bonds is 6. The molecule has 0 saturated heterocycles. The molecular weight excluding hydrogens is 416 g/mol. The molecule has 8 heteroatoms. The molecular formula is C23H21ClN4O3. The number of benzene rings is 2. The molecule has 4 rings (SSSR count). The van der Waals surface area contributed by atoms with Crippen molar-refractivity contribution in [3.8, 4) is 11.5 Å². The Hall–Kier alpha value is -3.58. The molecule has 0 saturated carbocycles. The fourth-order valence-corrected chi connectivity index (χ4v) is 3.69. The van der Waals surface area contributed by atoms with Crippen LogP contribution >= 0.6 is 11.6 Å².